The van der Waals surface area contributed by atoms with Crippen LogP contribution in [-0.2, 0) is 0 Å². The second kappa shape index (κ2) is 5.89. The summed E-state index contributed by atoms with van der Waals surface area (Å²) in [5.74, 6) is 1.76. The summed E-state index contributed by atoms with van der Waals surface area (Å²) >= 11 is 0. The van der Waals surface area contributed by atoms with E-state index in [0.717, 1.165) is 29.0 Å². The smallest absolute Gasteiger partial charge is 0.130 e. The summed E-state index contributed by atoms with van der Waals surface area (Å²) < 4.78 is 5.92. The van der Waals surface area contributed by atoms with Crippen molar-refractivity contribution in [3.8, 4) is 11.5 Å². The normalized spacial score (nSPS) is 12.2. The van der Waals surface area contributed by atoms with Crippen molar-refractivity contribution in [1.29, 1.82) is 0 Å². The van der Waals surface area contributed by atoms with Crippen LogP contribution in [0.2, 0.25) is 0 Å². The van der Waals surface area contributed by atoms with E-state index in [9.17, 15) is 0 Å². The van der Waals surface area contributed by atoms with Crippen LogP contribution >= 0.6 is 0 Å². The first-order chi connectivity index (χ1) is 9.10. The first-order valence-corrected chi connectivity index (χ1v) is 6.71. The van der Waals surface area contributed by atoms with E-state index in [4.69, 9.17) is 10.5 Å². The third kappa shape index (κ3) is 3.36. The number of rotatable bonds is 4. The number of nitrogens with two attached hydrogens (primary N) is 1. The minimum atomic E-state index is 0.106. The SMILES string of the molecule is CCC(N)c1ccc(Oc2cc(C)ccc2C)cc1. The Hall–Kier alpha value is -1.80. The van der Waals surface area contributed by atoms with Crippen molar-refractivity contribution < 1.29 is 4.74 Å². The van der Waals surface area contributed by atoms with Crippen LogP contribution in [0, 0.1) is 13.8 Å². The quantitative estimate of drug-likeness (QED) is 0.872. The molecule has 0 radical (unpaired) electrons. The Balaban J connectivity index is 2.17. The molecule has 2 aromatic rings. The van der Waals surface area contributed by atoms with Crippen LogP contribution in [0.3, 0.4) is 0 Å². The predicted molar refractivity (Wildman–Crippen MR) is 79.7 cm³/mol. The maximum Gasteiger partial charge on any atom is 0.130 e. The van der Waals surface area contributed by atoms with Crippen LogP contribution in [0.5, 0.6) is 11.5 Å². The summed E-state index contributed by atoms with van der Waals surface area (Å²) in [5.41, 5.74) is 9.49. The van der Waals surface area contributed by atoms with E-state index in [0.29, 0.717) is 0 Å². The van der Waals surface area contributed by atoms with Gasteiger partial charge in [0.15, 0.2) is 0 Å². The second-order valence-electron chi connectivity index (χ2n) is 4.95. The highest BCUT2D eigenvalue weighted by atomic mass is 16.5. The lowest BCUT2D eigenvalue weighted by atomic mass is 10.1. The zero-order valence-electron chi connectivity index (χ0n) is 11.8. The molecule has 2 rings (SSSR count). The van der Waals surface area contributed by atoms with Gasteiger partial charge in [0.2, 0.25) is 0 Å². The van der Waals surface area contributed by atoms with Crippen LogP contribution in [0.25, 0.3) is 0 Å². The molecule has 0 saturated heterocycles. The molecule has 0 amide bonds. The summed E-state index contributed by atoms with van der Waals surface area (Å²) in [7, 11) is 0. The maximum atomic E-state index is 6.00. The molecule has 0 aliphatic rings. The van der Waals surface area contributed by atoms with Gasteiger partial charge in [-0.15, -0.1) is 0 Å². The third-order valence-corrected chi connectivity index (χ3v) is 3.32. The molecule has 1 atom stereocenters. The van der Waals surface area contributed by atoms with Crippen LogP contribution in [-0.4, -0.2) is 0 Å². The van der Waals surface area contributed by atoms with Gasteiger partial charge in [-0.05, 0) is 55.2 Å². The van der Waals surface area contributed by atoms with E-state index in [-0.39, 0.29) is 6.04 Å². The molecule has 0 fully saturated rings. The number of aryl methyl sites for hydroxylation is 2. The average Bonchev–Trinajstić information content (AvgIpc) is 2.43. The van der Waals surface area contributed by atoms with Gasteiger partial charge in [0.05, 0.1) is 0 Å². The summed E-state index contributed by atoms with van der Waals surface area (Å²) in [5, 5.41) is 0. The molecule has 0 aliphatic heterocycles. The Labute approximate surface area is 115 Å². The molecule has 0 aromatic heterocycles. The van der Waals surface area contributed by atoms with Crippen LogP contribution < -0.4 is 10.5 Å². The predicted octanol–water partition coefficient (Wildman–Crippen LogP) is 4.51. The molecular weight excluding hydrogens is 234 g/mol. The molecule has 1 unspecified atom stereocenters. The Bertz CT molecular complexity index is 546. The summed E-state index contributed by atoms with van der Waals surface area (Å²) in [6, 6.07) is 14.4. The van der Waals surface area contributed by atoms with Gasteiger partial charge in [0, 0.05) is 6.04 Å². The van der Waals surface area contributed by atoms with Crippen LogP contribution in [0.1, 0.15) is 36.1 Å². The topological polar surface area (TPSA) is 35.2 Å². The van der Waals surface area contributed by atoms with Gasteiger partial charge in [0.1, 0.15) is 11.5 Å². The third-order valence-electron chi connectivity index (χ3n) is 3.32. The van der Waals surface area contributed by atoms with Gasteiger partial charge < -0.3 is 10.5 Å². The Morgan fingerprint density at radius 3 is 2.37 bits per heavy atom. The number of hydrogen-bond acceptors (Lipinski definition) is 2. The highest BCUT2D eigenvalue weighted by Gasteiger charge is 2.05. The van der Waals surface area contributed by atoms with Crippen LogP contribution in [0.4, 0.5) is 0 Å². The highest BCUT2D eigenvalue weighted by molar-refractivity contribution is 5.40. The first kappa shape index (κ1) is 13.6. The Morgan fingerprint density at radius 1 is 1.05 bits per heavy atom. The molecule has 19 heavy (non-hydrogen) atoms. The van der Waals surface area contributed by atoms with E-state index >= 15 is 0 Å². The fourth-order valence-electron chi connectivity index (χ4n) is 1.96. The van der Waals surface area contributed by atoms with Gasteiger partial charge >= 0.3 is 0 Å². The zero-order valence-corrected chi connectivity index (χ0v) is 11.8. The van der Waals surface area contributed by atoms with Gasteiger partial charge in [-0.1, -0.05) is 31.2 Å². The van der Waals surface area contributed by atoms with Crippen LogP contribution in [0.15, 0.2) is 42.5 Å². The standard InChI is InChI=1S/C17H21NO/c1-4-16(18)14-7-9-15(10-8-14)19-17-11-12(2)5-6-13(17)3/h5-11,16H,4,18H2,1-3H3. The fraction of sp³-hybridized carbons (Fsp3) is 0.294. The molecule has 2 N–H and O–H groups in total. The lowest BCUT2D eigenvalue weighted by Crippen LogP contribution is -2.08. The molecule has 2 heteroatoms. The van der Waals surface area contributed by atoms with Gasteiger partial charge in [-0.25, -0.2) is 0 Å². The largest absolute Gasteiger partial charge is 0.457 e. The van der Waals surface area contributed by atoms with E-state index < -0.39 is 0 Å². The molecule has 0 aliphatic carbocycles. The van der Waals surface area contributed by atoms with Crippen molar-refractivity contribution in [2.75, 3.05) is 0 Å². The van der Waals surface area contributed by atoms with Crippen molar-refractivity contribution in [2.24, 2.45) is 5.73 Å². The van der Waals surface area contributed by atoms with Gasteiger partial charge in [-0.3, -0.25) is 0 Å². The van der Waals surface area contributed by atoms with Crippen molar-refractivity contribution in [3.63, 3.8) is 0 Å². The molecule has 2 nitrogen and oxygen atoms in total. The van der Waals surface area contributed by atoms with Crippen molar-refractivity contribution in [1.82, 2.24) is 0 Å². The van der Waals surface area contributed by atoms with Gasteiger partial charge in [-0.2, -0.15) is 0 Å². The molecule has 0 saturated carbocycles. The summed E-state index contributed by atoms with van der Waals surface area (Å²) in [6.45, 7) is 6.21. The summed E-state index contributed by atoms with van der Waals surface area (Å²) in [4.78, 5) is 0. The molecule has 0 heterocycles. The molecule has 2 aromatic carbocycles. The van der Waals surface area contributed by atoms with E-state index in [1.807, 2.05) is 24.3 Å². The monoisotopic (exact) mass is 255 g/mol. The molecule has 0 bridgehead atoms. The van der Waals surface area contributed by atoms with Gasteiger partial charge in [0.25, 0.3) is 0 Å². The Kier molecular flexibility index (Phi) is 4.23. The average molecular weight is 255 g/mol. The lowest BCUT2D eigenvalue weighted by Gasteiger charge is -2.12. The lowest BCUT2D eigenvalue weighted by molar-refractivity contribution is 0.478. The minimum absolute atomic E-state index is 0.106. The van der Waals surface area contributed by atoms with E-state index in [2.05, 4.69) is 39.0 Å². The van der Waals surface area contributed by atoms with Crippen molar-refractivity contribution in [3.05, 3.63) is 59.2 Å². The molecule has 100 valence electrons. The number of ether oxygens (including phenoxy) is 1. The van der Waals surface area contributed by atoms with E-state index in [1.54, 1.807) is 0 Å². The minimum Gasteiger partial charge on any atom is -0.457 e. The molecule has 0 spiro atoms. The Morgan fingerprint density at radius 2 is 1.74 bits per heavy atom. The zero-order chi connectivity index (χ0) is 13.8. The van der Waals surface area contributed by atoms with Crippen molar-refractivity contribution >= 4 is 0 Å². The maximum absolute atomic E-state index is 6.00. The van der Waals surface area contributed by atoms with Crippen molar-refractivity contribution in [2.45, 2.75) is 33.2 Å². The molecular formula is C17H21NO. The number of benzene rings is 2. The fourth-order valence-corrected chi connectivity index (χ4v) is 1.96. The first-order valence-electron chi connectivity index (χ1n) is 6.71. The second-order valence-corrected chi connectivity index (χ2v) is 4.95. The highest BCUT2D eigenvalue weighted by Crippen LogP contribution is 2.27. The summed E-state index contributed by atoms with van der Waals surface area (Å²) in [6.07, 6.45) is 0.942. The number of hydrogen-bond donors (Lipinski definition) is 1. The van der Waals surface area contributed by atoms with E-state index in [1.165, 1.54) is 5.56 Å².